The smallest absolute Gasteiger partial charge is 0.430 e. The van der Waals surface area contributed by atoms with Crippen LogP contribution in [-0.4, -0.2) is 17.7 Å². The van der Waals surface area contributed by atoms with Crippen molar-refractivity contribution in [2.45, 2.75) is 0 Å². The van der Waals surface area contributed by atoms with Gasteiger partial charge in [0, 0.05) is 0 Å². The van der Waals surface area contributed by atoms with Crippen LogP contribution >= 0.6 is 0 Å². The molecule has 3 aromatic rings. The maximum atomic E-state index is 7.12. The summed E-state index contributed by atoms with van der Waals surface area (Å²) >= 11 is 0. The summed E-state index contributed by atoms with van der Waals surface area (Å²) in [5.74, 6) is 0. The van der Waals surface area contributed by atoms with Gasteiger partial charge < -0.3 is 10.0 Å². The van der Waals surface area contributed by atoms with Gasteiger partial charge in [0.25, 0.3) is 0 Å². The lowest BCUT2D eigenvalue weighted by molar-refractivity contribution is 0.448. The van der Waals surface area contributed by atoms with Crippen molar-refractivity contribution < 1.29 is 10.0 Å². The van der Waals surface area contributed by atoms with Crippen molar-refractivity contribution in [2.75, 3.05) is 0 Å². The third-order valence-corrected chi connectivity index (χ3v) is 3.28. The minimum absolute atomic E-state index is 0.750. The van der Waals surface area contributed by atoms with Crippen LogP contribution in [0.2, 0.25) is 0 Å². The Hall–Kier alpha value is -2.62. The third-order valence-electron chi connectivity index (χ3n) is 3.28. The fourth-order valence-corrected chi connectivity index (χ4v) is 2.28. The number of benzene rings is 3. The molecule has 0 unspecified atom stereocenters. The van der Waals surface area contributed by atoms with Gasteiger partial charge in [0.15, 0.2) is 0 Å². The Bertz CT molecular complexity index is 669. The standard InChI is InChI=1S/C20H16.BH3O2/c1-4-10-17(11-5-1)16-20(18-12-6-2-7-13-18)19-14-8-3-9-15-19;2-1-3/h1-16H;1-3H. The molecule has 0 saturated heterocycles. The van der Waals surface area contributed by atoms with Crippen LogP contribution in [0.4, 0.5) is 0 Å². The molecule has 3 rings (SSSR count). The Morgan fingerprint density at radius 1 is 0.609 bits per heavy atom. The molecule has 0 heterocycles. The normalized spacial score (nSPS) is 9.30. The van der Waals surface area contributed by atoms with E-state index in [4.69, 9.17) is 10.0 Å². The molecule has 114 valence electrons. The van der Waals surface area contributed by atoms with Crippen LogP contribution in [0.15, 0.2) is 91.0 Å². The van der Waals surface area contributed by atoms with Gasteiger partial charge in [-0.3, -0.25) is 0 Å². The third kappa shape index (κ3) is 5.26. The summed E-state index contributed by atoms with van der Waals surface area (Å²) in [5, 5.41) is 14.2. The van der Waals surface area contributed by atoms with E-state index in [1.54, 1.807) is 0 Å². The summed E-state index contributed by atoms with van der Waals surface area (Å²) in [7, 11) is -0.750. The molecule has 0 radical (unpaired) electrons. The van der Waals surface area contributed by atoms with Gasteiger partial charge in [0.1, 0.15) is 0 Å². The van der Waals surface area contributed by atoms with E-state index in [0.29, 0.717) is 0 Å². The fourth-order valence-electron chi connectivity index (χ4n) is 2.28. The number of rotatable bonds is 3. The van der Waals surface area contributed by atoms with Crippen LogP contribution in [0, 0.1) is 0 Å². The topological polar surface area (TPSA) is 40.5 Å². The van der Waals surface area contributed by atoms with E-state index in [1.807, 2.05) is 6.07 Å². The molecule has 0 bridgehead atoms. The largest absolute Gasteiger partial charge is 0.432 e. The average Bonchev–Trinajstić information content (AvgIpc) is 2.63. The van der Waals surface area contributed by atoms with E-state index in [9.17, 15) is 0 Å². The highest BCUT2D eigenvalue weighted by Gasteiger charge is 2.04. The second-order valence-corrected chi connectivity index (χ2v) is 4.84. The molecular formula is C20H19BO2. The maximum Gasteiger partial charge on any atom is 0.432 e. The first kappa shape index (κ1) is 16.8. The quantitative estimate of drug-likeness (QED) is 0.574. The first-order valence-corrected chi connectivity index (χ1v) is 7.44. The molecule has 2 nitrogen and oxygen atoms in total. The molecule has 0 amide bonds. The molecular weight excluding hydrogens is 283 g/mol. The van der Waals surface area contributed by atoms with Gasteiger partial charge in [0.2, 0.25) is 0 Å². The van der Waals surface area contributed by atoms with Crippen molar-refractivity contribution in [3.63, 3.8) is 0 Å². The lowest BCUT2D eigenvalue weighted by Gasteiger charge is -2.08. The zero-order valence-corrected chi connectivity index (χ0v) is 12.8. The highest BCUT2D eigenvalue weighted by Crippen LogP contribution is 2.25. The maximum absolute atomic E-state index is 7.12. The van der Waals surface area contributed by atoms with E-state index in [2.05, 4.69) is 91.0 Å². The first-order valence-electron chi connectivity index (χ1n) is 7.44. The van der Waals surface area contributed by atoms with Gasteiger partial charge in [-0.1, -0.05) is 91.0 Å². The number of hydrogen-bond acceptors (Lipinski definition) is 2. The van der Waals surface area contributed by atoms with Crippen LogP contribution in [0.3, 0.4) is 0 Å². The highest BCUT2D eigenvalue weighted by atomic mass is 16.4. The Morgan fingerprint density at radius 2 is 0.957 bits per heavy atom. The molecule has 0 aromatic heterocycles. The van der Waals surface area contributed by atoms with E-state index in [-0.39, 0.29) is 0 Å². The summed E-state index contributed by atoms with van der Waals surface area (Å²) in [6.45, 7) is 0. The van der Waals surface area contributed by atoms with E-state index in [0.717, 1.165) is 0 Å². The van der Waals surface area contributed by atoms with Gasteiger partial charge in [-0.15, -0.1) is 0 Å². The van der Waals surface area contributed by atoms with E-state index in [1.165, 1.54) is 22.3 Å². The zero-order valence-electron chi connectivity index (χ0n) is 12.8. The minimum Gasteiger partial charge on any atom is -0.430 e. The molecule has 0 aliphatic heterocycles. The molecule has 0 atom stereocenters. The van der Waals surface area contributed by atoms with Crippen molar-refractivity contribution in [1.82, 2.24) is 0 Å². The Kier molecular flexibility index (Phi) is 6.85. The molecule has 0 aliphatic rings. The molecule has 3 aromatic carbocycles. The summed E-state index contributed by atoms with van der Waals surface area (Å²) in [6, 6.07) is 31.5. The summed E-state index contributed by atoms with van der Waals surface area (Å²) < 4.78 is 0. The molecule has 23 heavy (non-hydrogen) atoms. The summed E-state index contributed by atoms with van der Waals surface area (Å²) in [4.78, 5) is 0. The molecule has 0 fully saturated rings. The number of hydrogen-bond donors (Lipinski definition) is 2. The van der Waals surface area contributed by atoms with Crippen LogP contribution in [-0.2, 0) is 0 Å². The van der Waals surface area contributed by atoms with E-state index < -0.39 is 7.69 Å². The fraction of sp³-hybridized carbons (Fsp3) is 0. The average molecular weight is 302 g/mol. The summed E-state index contributed by atoms with van der Waals surface area (Å²) in [5.41, 5.74) is 4.94. The van der Waals surface area contributed by atoms with Crippen LogP contribution in [0.5, 0.6) is 0 Å². The van der Waals surface area contributed by atoms with Crippen molar-refractivity contribution in [1.29, 1.82) is 0 Å². The summed E-state index contributed by atoms with van der Waals surface area (Å²) in [6.07, 6.45) is 2.24. The van der Waals surface area contributed by atoms with Crippen LogP contribution < -0.4 is 0 Å². The zero-order chi connectivity index (χ0) is 16.3. The van der Waals surface area contributed by atoms with Crippen molar-refractivity contribution in [3.05, 3.63) is 108 Å². The molecule has 0 saturated carbocycles. The van der Waals surface area contributed by atoms with Gasteiger partial charge in [0.05, 0.1) is 0 Å². The predicted molar refractivity (Wildman–Crippen MR) is 97.9 cm³/mol. The molecule has 3 heteroatoms. The van der Waals surface area contributed by atoms with Crippen molar-refractivity contribution >= 4 is 19.3 Å². The Labute approximate surface area is 137 Å². The first-order chi connectivity index (χ1) is 11.3. The lowest BCUT2D eigenvalue weighted by atomic mass is 9.96. The SMILES string of the molecule is C(=C(c1ccccc1)c1ccccc1)c1ccccc1.OBO. The van der Waals surface area contributed by atoms with E-state index >= 15 is 0 Å². The second-order valence-electron chi connectivity index (χ2n) is 4.84. The Morgan fingerprint density at radius 3 is 1.35 bits per heavy atom. The van der Waals surface area contributed by atoms with Crippen molar-refractivity contribution in [2.24, 2.45) is 0 Å². The second kappa shape index (κ2) is 9.41. The molecule has 2 N–H and O–H groups in total. The van der Waals surface area contributed by atoms with Crippen LogP contribution in [0.1, 0.15) is 16.7 Å². The van der Waals surface area contributed by atoms with Gasteiger partial charge in [-0.25, -0.2) is 0 Å². The predicted octanol–water partition coefficient (Wildman–Crippen LogP) is 3.51. The van der Waals surface area contributed by atoms with Gasteiger partial charge in [-0.2, -0.15) is 0 Å². The van der Waals surface area contributed by atoms with Gasteiger partial charge >= 0.3 is 7.69 Å². The highest BCUT2D eigenvalue weighted by molar-refractivity contribution is 6.13. The van der Waals surface area contributed by atoms with Crippen LogP contribution in [0.25, 0.3) is 11.6 Å². The Balaban J connectivity index is 0.000000595. The minimum atomic E-state index is -0.750. The van der Waals surface area contributed by atoms with Crippen molar-refractivity contribution in [3.8, 4) is 0 Å². The monoisotopic (exact) mass is 302 g/mol. The molecule has 0 spiro atoms. The van der Waals surface area contributed by atoms with Gasteiger partial charge in [-0.05, 0) is 28.3 Å². The lowest BCUT2D eigenvalue weighted by Crippen LogP contribution is -1.87. The molecule has 0 aliphatic carbocycles.